The quantitative estimate of drug-likeness (QED) is 0.700. The molecule has 70 valence electrons. The molecule has 2 rings (SSSR count). The smallest absolute Gasteiger partial charge is 0.0423 e. The first-order valence-electron chi connectivity index (χ1n) is 4.22. The van der Waals surface area contributed by atoms with E-state index in [1.54, 1.807) is 6.07 Å². The summed E-state index contributed by atoms with van der Waals surface area (Å²) in [5, 5.41) is 2.55. The molecule has 2 atom stereocenters. The average Bonchev–Trinajstić information content (AvgIpc) is 2.80. The van der Waals surface area contributed by atoms with Crippen molar-refractivity contribution in [2.24, 2.45) is 5.92 Å². The first-order chi connectivity index (χ1) is 6.20. The normalized spacial score (nSPS) is 26.1. The molecule has 0 aliphatic heterocycles. The molecule has 1 fully saturated rings. The molecule has 1 aromatic rings. The number of alkyl halides is 1. The fourth-order valence-electron chi connectivity index (χ4n) is 1.62. The summed E-state index contributed by atoms with van der Waals surface area (Å²) in [6, 6.07) is 5.81. The van der Waals surface area contributed by atoms with Gasteiger partial charge in [-0.2, -0.15) is 0 Å². The van der Waals surface area contributed by atoms with Crippen LogP contribution in [-0.4, -0.2) is 5.33 Å². The van der Waals surface area contributed by atoms with E-state index in [2.05, 4.69) is 15.9 Å². The van der Waals surface area contributed by atoms with Crippen LogP contribution in [0, 0.1) is 5.92 Å². The lowest BCUT2D eigenvalue weighted by Gasteiger charge is -2.01. The Morgan fingerprint density at radius 2 is 1.85 bits per heavy atom. The van der Waals surface area contributed by atoms with Crippen molar-refractivity contribution in [1.82, 2.24) is 0 Å². The summed E-state index contributed by atoms with van der Waals surface area (Å²) < 4.78 is 0. The van der Waals surface area contributed by atoms with Gasteiger partial charge in [-0.25, -0.2) is 0 Å². The van der Waals surface area contributed by atoms with E-state index in [-0.39, 0.29) is 0 Å². The van der Waals surface area contributed by atoms with Gasteiger partial charge in [0.2, 0.25) is 0 Å². The molecule has 13 heavy (non-hydrogen) atoms. The first kappa shape index (κ1) is 9.82. The van der Waals surface area contributed by atoms with Gasteiger partial charge in [0.1, 0.15) is 0 Å². The van der Waals surface area contributed by atoms with Crippen molar-refractivity contribution in [1.29, 1.82) is 0 Å². The minimum atomic E-state index is 0.663. The molecule has 0 spiro atoms. The van der Waals surface area contributed by atoms with Gasteiger partial charge < -0.3 is 0 Å². The van der Waals surface area contributed by atoms with Gasteiger partial charge in [0.05, 0.1) is 0 Å². The molecule has 3 heteroatoms. The molecule has 0 aromatic heterocycles. The minimum absolute atomic E-state index is 0.663. The molecule has 0 saturated heterocycles. The van der Waals surface area contributed by atoms with Gasteiger partial charge in [-0.3, -0.25) is 0 Å². The third-order valence-corrected chi connectivity index (χ3v) is 3.70. The lowest BCUT2D eigenvalue weighted by molar-refractivity contribution is 0.937. The van der Waals surface area contributed by atoms with E-state index in [0.717, 1.165) is 21.3 Å². The highest BCUT2D eigenvalue weighted by Gasteiger charge is 2.37. The summed E-state index contributed by atoms with van der Waals surface area (Å²) in [6.07, 6.45) is 1.25. The van der Waals surface area contributed by atoms with Crippen molar-refractivity contribution < 1.29 is 0 Å². The van der Waals surface area contributed by atoms with Gasteiger partial charge in [0.15, 0.2) is 0 Å². The summed E-state index contributed by atoms with van der Waals surface area (Å²) in [5.41, 5.74) is 1.28. The zero-order valence-corrected chi connectivity index (χ0v) is 10.0. The molecule has 1 aliphatic carbocycles. The summed E-state index contributed by atoms with van der Waals surface area (Å²) >= 11 is 15.3. The predicted molar refractivity (Wildman–Crippen MR) is 61.1 cm³/mol. The molecule has 0 amide bonds. The number of rotatable bonds is 2. The molecular weight excluding hydrogens is 271 g/mol. The van der Waals surface area contributed by atoms with E-state index in [4.69, 9.17) is 23.2 Å². The van der Waals surface area contributed by atoms with Crippen LogP contribution in [0.1, 0.15) is 17.9 Å². The van der Waals surface area contributed by atoms with Gasteiger partial charge >= 0.3 is 0 Å². The maximum absolute atomic E-state index is 5.92. The second-order valence-corrected chi connectivity index (χ2v) is 4.98. The monoisotopic (exact) mass is 278 g/mol. The van der Waals surface area contributed by atoms with Crippen LogP contribution in [0.5, 0.6) is 0 Å². The van der Waals surface area contributed by atoms with E-state index in [1.165, 1.54) is 12.0 Å². The zero-order chi connectivity index (χ0) is 9.42. The second-order valence-electron chi connectivity index (χ2n) is 3.46. The molecular formula is C10H9BrCl2. The Morgan fingerprint density at radius 1 is 1.23 bits per heavy atom. The number of benzene rings is 1. The van der Waals surface area contributed by atoms with E-state index in [1.807, 2.05) is 12.1 Å². The SMILES string of the molecule is Clc1cc(Cl)cc(C2CC2CBr)c1. The maximum Gasteiger partial charge on any atom is 0.0423 e. The molecule has 0 bridgehead atoms. The Balaban J connectivity index is 2.22. The Hall–Kier alpha value is 0.280. The molecule has 2 unspecified atom stereocenters. The Bertz CT molecular complexity index is 304. The van der Waals surface area contributed by atoms with Gasteiger partial charge in [0.25, 0.3) is 0 Å². The van der Waals surface area contributed by atoms with Crippen LogP contribution in [0.3, 0.4) is 0 Å². The van der Waals surface area contributed by atoms with Crippen molar-refractivity contribution in [3.63, 3.8) is 0 Å². The largest absolute Gasteiger partial charge is 0.0925 e. The van der Waals surface area contributed by atoms with E-state index < -0.39 is 0 Å². The van der Waals surface area contributed by atoms with Crippen molar-refractivity contribution >= 4 is 39.1 Å². The summed E-state index contributed by atoms with van der Waals surface area (Å²) in [5.74, 6) is 1.44. The fraction of sp³-hybridized carbons (Fsp3) is 0.400. The van der Waals surface area contributed by atoms with Gasteiger partial charge in [-0.15, -0.1) is 0 Å². The Morgan fingerprint density at radius 3 is 2.31 bits per heavy atom. The van der Waals surface area contributed by atoms with Crippen LogP contribution in [0.15, 0.2) is 18.2 Å². The number of halogens is 3. The van der Waals surface area contributed by atoms with Gasteiger partial charge in [0, 0.05) is 15.4 Å². The summed E-state index contributed by atoms with van der Waals surface area (Å²) in [4.78, 5) is 0. The van der Waals surface area contributed by atoms with Crippen LogP contribution >= 0.6 is 39.1 Å². The third kappa shape index (κ3) is 2.20. The average molecular weight is 280 g/mol. The van der Waals surface area contributed by atoms with Crippen LogP contribution < -0.4 is 0 Å². The molecule has 1 aliphatic rings. The van der Waals surface area contributed by atoms with Crippen LogP contribution in [0.4, 0.5) is 0 Å². The standard InChI is InChI=1S/C10H9BrCl2/c11-5-7-3-10(7)6-1-8(12)4-9(13)2-6/h1-2,4,7,10H,3,5H2. The molecule has 1 saturated carbocycles. The van der Waals surface area contributed by atoms with Crippen molar-refractivity contribution in [3.05, 3.63) is 33.8 Å². The van der Waals surface area contributed by atoms with E-state index >= 15 is 0 Å². The number of hydrogen-bond acceptors (Lipinski definition) is 0. The summed E-state index contributed by atoms with van der Waals surface area (Å²) in [6.45, 7) is 0. The van der Waals surface area contributed by atoms with Crippen LogP contribution in [0.2, 0.25) is 10.0 Å². The minimum Gasteiger partial charge on any atom is -0.0925 e. The second kappa shape index (κ2) is 3.80. The molecule has 0 N–H and O–H groups in total. The lowest BCUT2D eigenvalue weighted by atomic mass is 10.1. The van der Waals surface area contributed by atoms with Crippen molar-refractivity contribution in [2.45, 2.75) is 12.3 Å². The Kier molecular flexibility index (Phi) is 2.87. The van der Waals surface area contributed by atoms with Crippen LogP contribution in [-0.2, 0) is 0 Å². The third-order valence-electron chi connectivity index (χ3n) is 2.43. The van der Waals surface area contributed by atoms with Crippen molar-refractivity contribution in [3.8, 4) is 0 Å². The Labute approximate surface area is 96.4 Å². The molecule has 0 heterocycles. The highest BCUT2D eigenvalue weighted by molar-refractivity contribution is 9.09. The first-order valence-corrected chi connectivity index (χ1v) is 6.10. The number of hydrogen-bond donors (Lipinski definition) is 0. The topological polar surface area (TPSA) is 0 Å². The maximum atomic E-state index is 5.92. The molecule has 1 aromatic carbocycles. The highest BCUT2D eigenvalue weighted by atomic mass is 79.9. The van der Waals surface area contributed by atoms with Crippen LogP contribution in [0.25, 0.3) is 0 Å². The van der Waals surface area contributed by atoms with E-state index in [0.29, 0.717) is 5.92 Å². The highest BCUT2D eigenvalue weighted by Crippen LogP contribution is 2.49. The lowest BCUT2D eigenvalue weighted by Crippen LogP contribution is -1.84. The van der Waals surface area contributed by atoms with Gasteiger partial charge in [-0.1, -0.05) is 39.1 Å². The van der Waals surface area contributed by atoms with E-state index in [9.17, 15) is 0 Å². The summed E-state index contributed by atoms with van der Waals surface area (Å²) in [7, 11) is 0. The predicted octanol–water partition coefficient (Wildman–Crippen LogP) is 4.49. The van der Waals surface area contributed by atoms with Crippen molar-refractivity contribution in [2.75, 3.05) is 5.33 Å². The fourth-order valence-corrected chi connectivity index (χ4v) is 2.87. The van der Waals surface area contributed by atoms with Gasteiger partial charge in [-0.05, 0) is 42.0 Å². The molecule has 0 radical (unpaired) electrons. The molecule has 0 nitrogen and oxygen atoms in total. The zero-order valence-electron chi connectivity index (χ0n) is 6.93.